The maximum absolute atomic E-state index is 12.2. The molecule has 2 rings (SSSR count). The Morgan fingerprint density at radius 2 is 2.10 bits per heavy atom. The second-order valence-corrected chi connectivity index (χ2v) is 4.85. The van der Waals surface area contributed by atoms with Crippen molar-refractivity contribution >= 4 is 28.5 Å². The summed E-state index contributed by atoms with van der Waals surface area (Å²) in [7, 11) is 1.60. The van der Waals surface area contributed by atoms with Gasteiger partial charge >= 0.3 is 5.97 Å². The van der Waals surface area contributed by atoms with E-state index < -0.39 is 12.0 Å². The summed E-state index contributed by atoms with van der Waals surface area (Å²) in [5.41, 5.74) is 1.46. The number of aliphatic carboxylic acids is 1. The summed E-state index contributed by atoms with van der Waals surface area (Å²) in [6, 6.07) is 8.61. The van der Waals surface area contributed by atoms with Crippen LogP contribution in [0, 0.1) is 0 Å². The molecule has 1 atom stereocenters. The smallest absolute Gasteiger partial charge is 0.317 e. The average Bonchev–Trinajstić information content (AvgIpc) is 2.46. The molecule has 1 heterocycles. The van der Waals surface area contributed by atoms with Gasteiger partial charge < -0.3 is 10.4 Å². The van der Waals surface area contributed by atoms with E-state index in [-0.39, 0.29) is 12.5 Å². The Bertz CT molecular complexity index is 667. The fourth-order valence-electron chi connectivity index (χ4n) is 2.00. The first-order valence-corrected chi connectivity index (χ1v) is 6.55. The summed E-state index contributed by atoms with van der Waals surface area (Å²) in [5, 5.41) is 12.4. The van der Waals surface area contributed by atoms with Gasteiger partial charge in [0.1, 0.15) is 0 Å². The summed E-state index contributed by atoms with van der Waals surface area (Å²) in [6.07, 6.45) is 1.69. The number of carboxylic acids is 1. The fraction of sp³-hybridized carbons (Fsp3) is 0.267. The van der Waals surface area contributed by atoms with Gasteiger partial charge in [-0.2, -0.15) is 0 Å². The van der Waals surface area contributed by atoms with Crippen molar-refractivity contribution in [1.29, 1.82) is 0 Å². The monoisotopic (exact) mass is 287 g/mol. The van der Waals surface area contributed by atoms with Crippen molar-refractivity contribution in [2.45, 2.75) is 13.0 Å². The van der Waals surface area contributed by atoms with Crippen LogP contribution in [0.3, 0.4) is 0 Å². The molecule has 0 bridgehead atoms. The van der Waals surface area contributed by atoms with Gasteiger partial charge in [-0.15, -0.1) is 0 Å². The van der Waals surface area contributed by atoms with Crippen LogP contribution in [0.1, 0.15) is 6.92 Å². The van der Waals surface area contributed by atoms with Gasteiger partial charge in [-0.05, 0) is 38.2 Å². The highest BCUT2D eigenvalue weighted by atomic mass is 16.4. The number of hydrogen-bond acceptors (Lipinski definition) is 4. The summed E-state index contributed by atoms with van der Waals surface area (Å²) in [4.78, 5) is 28.6. The molecule has 0 fully saturated rings. The van der Waals surface area contributed by atoms with Gasteiger partial charge in [-0.1, -0.05) is 6.07 Å². The molecule has 1 amide bonds. The number of pyridine rings is 1. The van der Waals surface area contributed by atoms with Gasteiger partial charge in [0.25, 0.3) is 0 Å². The van der Waals surface area contributed by atoms with Crippen LogP contribution in [0.25, 0.3) is 10.9 Å². The minimum absolute atomic E-state index is 0.189. The number of nitrogens with one attached hydrogen (secondary N) is 1. The number of benzene rings is 1. The van der Waals surface area contributed by atoms with Crippen LogP contribution in [0.15, 0.2) is 36.5 Å². The van der Waals surface area contributed by atoms with Crippen molar-refractivity contribution in [3.05, 3.63) is 36.5 Å². The number of anilines is 1. The summed E-state index contributed by atoms with van der Waals surface area (Å²) in [5.74, 6) is -1.22. The van der Waals surface area contributed by atoms with Gasteiger partial charge in [-0.3, -0.25) is 19.5 Å². The van der Waals surface area contributed by atoms with E-state index >= 15 is 0 Å². The van der Waals surface area contributed by atoms with E-state index in [4.69, 9.17) is 5.11 Å². The van der Waals surface area contributed by atoms with Crippen molar-refractivity contribution in [3.8, 4) is 0 Å². The third kappa shape index (κ3) is 3.55. The van der Waals surface area contributed by atoms with Crippen LogP contribution in [0.2, 0.25) is 0 Å². The molecule has 0 saturated heterocycles. The maximum atomic E-state index is 12.2. The number of nitrogens with zero attached hydrogens (tertiary/aromatic N) is 2. The average molecular weight is 287 g/mol. The molecule has 2 N–H and O–H groups in total. The van der Waals surface area contributed by atoms with Crippen LogP contribution in [-0.4, -0.2) is 46.5 Å². The van der Waals surface area contributed by atoms with Crippen LogP contribution < -0.4 is 5.32 Å². The van der Waals surface area contributed by atoms with Crippen molar-refractivity contribution in [1.82, 2.24) is 9.88 Å². The lowest BCUT2D eigenvalue weighted by molar-refractivity contribution is -0.138. The number of fused-ring (bicyclic) bond motifs is 1. The van der Waals surface area contributed by atoms with E-state index in [0.717, 1.165) is 10.9 Å². The van der Waals surface area contributed by atoms with Crippen molar-refractivity contribution in [3.63, 3.8) is 0 Å². The summed E-state index contributed by atoms with van der Waals surface area (Å²) >= 11 is 0. The SMILES string of the molecule is CC(C(=O)Nc1cccc2ncccc12)N(C)CC(=O)O. The quantitative estimate of drug-likeness (QED) is 0.872. The molecule has 0 radical (unpaired) electrons. The second-order valence-electron chi connectivity index (χ2n) is 4.85. The molecule has 0 aliphatic rings. The van der Waals surface area contributed by atoms with Gasteiger partial charge in [-0.25, -0.2) is 0 Å². The molecule has 2 aromatic rings. The number of likely N-dealkylation sites (N-methyl/N-ethyl adjacent to an activating group) is 1. The molecule has 0 aliphatic heterocycles. The van der Waals surface area contributed by atoms with Gasteiger partial charge in [0.05, 0.1) is 23.8 Å². The van der Waals surface area contributed by atoms with Gasteiger partial charge in [0.15, 0.2) is 0 Å². The molecule has 1 aromatic carbocycles. The number of carbonyl (C=O) groups is 2. The van der Waals surface area contributed by atoms with E-state index in [9.17, 15) is 9.59 Å². The highest BCUT2D eigenvalue weighted by Gasteiger charge is 2.20. The molecule has 110 valence electrons. The van der Waals surface area contributed by atoms with Crippen LogP contribution in [-0.2, 0) is 9.59 Å². The Morgan fingerprint density at radius 1 is 1.33 bits per heavy atom. The number of aromatic nitrogens is 1. The zero-order chi connectivity index (χ0) is 15.4. The van der Waals surface area contributed by atoms with Crippen LogP contribution in [0.5, 0.6) is 0 Å². The van der Waals surface area contributed by atoms with E-state index in [1.54, 1.807) is 32.3 Å². The third-order valence-corrected chi connectivity index (χ3v) is 3.33. The predicted octanol–water partition coefficient (Wildman–Crippen LogP) is 1.58. The molecule has 21 heavy (non-hydrogen) atoms. The van der Waals surface area contributed by atoms with Crippen molar-refractivity contribution < 1.29 is 14.7 Å². The molecular weight excluding hydrogens is 270 g/mol. The van der Waals surface area contributed by atoms with E-state index in [1.165, 1.54) is 4.90 Å². The van der Waals surface area contributed by atoms with E-state index in [1.807, 2.05) is 18.2 Å². The first-order chi connectivity index (χ1) is 9.99. The number of rotatable bonds is 5. The van der Waals surface area contributed by atoms with Crippen molar-refractivity contribution in [2.24, 2.45) is 0 Å². The lowest BCUT2D eigenvalue weighted by atomic mass is 10.1. The van der Waals surface area contributed by atoms with E-state index in [2.05, 4.69) is 10.3 Å². The number of carbonyl (C=O) groups excluding carboxylic acids is 1. The van der Waals surface area contributed by atoms with Crippen LogP contribution in [0.4, 0.5) is 5.69 Å². The second kappa shape index (κ2) is 6.32. The third-order valence-electron chi connectivity index (χ3n) is 3.33. The Hall–Kier alpha value is -2.47. The zero-order valence-electron chi connectivity index (χ0n) is 11.9. The molecule has 0 saturated carbocycles. The standard InChI is InChI=1S/C15H17N3O3/c1-10(18(2)9-14(19)20)15(21)17-13-7-3-6-12-11(13)5-4-8-16-12/h3-8,10H,9H2,1-2H3,(H,17,21)(H,19,20). The van der Waals surface area contributed by atoms with Crippen molar-refractivity contribution in [2.75, 3.05) is 18.9 Å². The molecule has 1 aromatic heterocycles. The maximum Gasteiger partial charge on any atom is 0.317 e. The molecular formula is C15H17N3O3. The molecule has 0 spiro atoms. The Balaban J connectivity index is 2.16. The Morgan fingerprint density at radius 3 is 2.81 bits per heavy atom. The zero-order valence-corrected chi connectivity index (χ0v) is 11.9. The normalized spacial score (nSPS) is 12.3. The molecule has 6 nitrogen and oxygen atoms in total. The Labute approximate surface area is 122 Å². The molecule has 1 unspecified atom stereocenters. The minimum atomic E-state index is -0.966. The van der Waals surface area contributed by atoms with Gasteiger partial charge in [0, 0.05) is 11.6 Å². The number of hydrogen-bond donors (Lipinski definition) is 2. The highest BCUT2D eigenvalue weighted by molar-refractivity contribution is 6.02. The predicted molar refractivity (Wildman–Crippen MR) is 80.1 cm³/mol. The first kappa shape index (κ1) is 14.9. The van der Waals surface area contributed by atoms with E-state index in [0.29, 0.717) is 5.69 Å². The largest absolute Gasteiger partial charge is 0.480 e. The summed E-state index contributed by atoms with van der Waals surface area (Å²) in [6.45, 7) is 1.48. The highest BCUT2D eigenvalue weighted by Crippen LogP contribution is 2.21. The topological polar surface area (TPSA) is 82.5 Å². The fourth-order valence-corrected chi connectivity index (χ4v) is 2.00. The molecule has 6 heteroatoms. The lowest BCUT2D eigenvalue weighted by Gasteiger charge is -2.22. The minimum Gasteiger partial charge on any atom is -0.480 e. The van der Waals surface area contributed by atoms with Crippen LogP contribution >= 0.6 is 0 Å². The van der Waals surface area contributed by atoms with Gasteiger partial charge in [0.2, 0.25) is 5.91 Å². The first-order valence-electron chi connectivity index (χ1n) is 6.55. The Kier molecular flexibility index (Phi) is 4.49. The summed E-state index contributed by atoms with van der Waals surface area (Å²) < 4.78 is 0. The molecule has 0 aliphatic carbocycles. The lowest BCUT2D eigenvalue weighted by Crippen LogP contribution is -2.42. The number of amides is 1. The number of carboxylic acid groups (broad SMARTS) is 1.